The minimum Gasteiger partial charge on any atom is -0.264 e. The number of benzene rings is 5. The van der Waals surface area contributed by atoms with Crippen molar-refractivity contribution in [2.75, 3.05) is 0 Å². The van der Waals surface area contributed by atoms with Crippen molar-refractivity contribution in [3.8, 4) is 55.9 Å². The van der Waals surface area contributed by atoms with Gasteiger partial charge in [-0.05, 0) is 103 Å². The average molecular weight is 562 g/mol. The number of rotatable bonds is 5. The van der Waals surface area contributed by atoms with Gasteiger partial charge in [-0.1, -0.05) is 91.0 Å². The highest BCUT2D eigenvalue weighted by Gasteiger charge is 2.12. The lowest BCUT2D eigenvalue weighted by molar-refractivity contribution is 1.26. The molecule has 0 aliphatic rings. The molecule has 0 radical (unpaired) electrons. The summed E-state index contributed by atoms with van der Waals surface area (Å²) in [5, 5.41) is 5.10. The lowest BCUT2D eigenvalue weighted by Gasteiger charge is -2.13. The van der Waals surface area contributed by atoms with E-state index in [1.165, 1.54) is 43.8 Å². The van der Waals surface area contributed by atoms with Gasteiger partial charge < -0.3 is 0 Å². The monoisotopic (exact) mass is 561 g/mol. The maximum atomic E-state index is 4.98. The van der Waals surface area contributed by atoms with E-state index in [9.17, 15) is 0 Å². The van der Waals surface area contributed by atoms with Gasteiger partial charge in [-0.15, -0.1) is 0 Å². The van der Waals surface area contributed by atoms with Crippen molar-refractivity contribution in [1.29, 1.82) is 0 Å². The van der Waals surface area contributed by atoms with E-state index in [1.807, 2.05) is 36.7 Å². The first-order valence-electron chi connectivity index (χ1n) is 14.7. The fourth-order valence-electron chi connectivity index (χ4n) is 6.04. The van der Waals surface area contributed by atoms with Crippen LogP contribution >= 0.6 is 0 Å². The Hall–Kier alpha value is -5.93. The molecule has 8 aromatic rings. The van der Waals surface area contributed by atoms with E-state index >= 15 is 0 Å². The SMILES string of the molecule is c1cc(-c2ccc(-c3cc4ccccc4c4ccccc34)cc2)cc(-c2cc(-c3cccnc3)nc(-c3cccnc3)c2)c1. The Morgan fingerprint density at radius 1 is 0.341 bits per heavy atom. The number of pyridine rings is 3. The molecule has 3 aromatic heterocycles. The van der Waals surface area contributed by atoms with Crippen LogP contribution in [0.4, 0.5) is 0 Å². The first-order chi connectivity index (χ1) is 21.8. The molecule has 0 fully saturated rings. The first kappa shape index (κ1) is 25.8. The first-order valence-corrected chi connectivity index (χ1v) is 14.7. The van der Waals surface area contributed by atoms with E-state index < -0.39 is 0 Å². The highest BCUT2D eigenvalue weighted by molar-refractivity contribution is 6.13. The Morgan fingerprint density at radius 2 is 0.909 bits per heavy atom. The predicted molar refractivity (Wildman–Crippen MR) is 182 cm³/mol. The van der Waals surface area contributed by atoms with Crippen molar-refractivity contribution < 1.29 is 0 Å². The van der Waals surface area contributed by atoms with Gasteiger partial charge in [0.15, 0.2) is 0 Å². The molecule has 3 nitrogen and oxygen atoms in total. The summed E-state index contributed by atoms with van der Waals surface area (Å²) in [5.74, 6) is 0. The summed E-state index contributed by atoms with van der Waals surface area (Å²) < 4.78 is 0. The number of aromatic nitrogens is 3. The van der Waals surface area contributed by atoms with Crippen molar-refractivity contribution in [1.82, 2.24) is 15.0 Å². The van der Waals surface area contributed by atoms with Crippen molar-refractivity contribution >= 4 is 21.5 Å². The van der Waals surface area contributed by atoms with Crippen LogP contribution in [0.25, 0.3) is 77.4 Å². The van der Waals surface area contributed by atoms with Gasteiger partial charge in [-0.2, -0.15) is 0 Å². The summed E-state index contributed by atoms with van der Waals surface area (Å²) in [4.78, 5) is 13.6. The zero-order valence-electron chi connectivity index (χ0n) is 23.9. The van der Waals surface area contributed by atoms with E-state index in [1.54, 1.807) is 12.4 Å². The van der Waals surface area contributed by atoms with Gasteiger partial charge in [0.2, 0.25) is 0 Å². The fraction of sp³-hybridized carbons (Fsp3) is 0. The minimum absolute atomic E-state index is 0.881. The van der Waals surface area contributed by atoms with E-state index in [4.69, 9.17) is 4.98 Å². The van der Waals surface area contributed by atoms with Gasteiger partial charge in [-0.25, -0.2) is 4.98 Å². The molecule has 3 heterocycles. The van der Waals surface area contributed by atoms with Crippen LogP contribution in [0.15, 0.2) is 164 Å². The van der Waals surface area contributed by atoms with Crippen LogP contribution in [-0.4, -0.2) is 15.0 Å². The summed E-state index contributed by atoms with van der Waals surface area (Å²) in [6.45, 7) is 0. The van der Waals surface area contributed by atoms with Gasteiger partial charge in [0.05, 0.1) is 11.4 Å². The van der Waals surface area contributed by atoms with Crippen molar-refractivity contribution in [2.24, 2.45) is 0 Å². The number of hydrogen-bond acceptors (Lipinski definition) is 3. The van der Waals surface area contributed by atoms with Crippen LogP contribution in [0.2, 0.25) is 0 Å². The topological polar surface area (TPSA) is 38.7 Å². The lowest BCUT2D eigenvalue weighted by Crippen LogP contribution is -1.92. The van der Waals surface area contributed by atoms with Gasteiger partial charge in [0, 0.05) is 35.9 Å². The third-order valence-corrected chi connectivity index (χ3v) is 8.23. The molecule has 0 atom stereocenters. The molecule has 0 bridgehead atoms. The smallest absolute Gasteiger partial charge is 0.0731 e. The molecule has 44 heavy (non-hydrogen) atoms. The normalized spacial score (nSPS) is 11.2. The Balaban J connectivity index is 1.19. The number of nitrogens with zero attached hydrogens (tertiary/aromatic N) is 3. The zero-order valence-corrected chi connectivity index (χ0v) is 23.9. The molecule has 0 unspecified atom stereocenters. The Labute approximate surface area is 256 Å². The van der Waals surface area contributed by atoms with Gasteiger partial charge in [-0.3, -0.25) is 9.97 Å². The van der Waals surface area contributed by atoms with E-state index in [0.717, 1.165) is 33.6 Å². The summed E-state index contributed by atoms with van der Waals surface area (Å²) in [5.41, 5.74) is 10.8. The zero-order chi connectivity index (χ0) is 29.3. The van der Waals surface area contributed by atoms with Crippen molar-refractivity contribution in [3.05, 3.63) is 164 Å². The summed E-state index contributed by atoms with van der Waals surface area (Å²) in [6.07, 6.45) is 7.28. The second kappa shape index (κ2) is 11.0. The van der Waals surface area contributed by atoms with Crippen molar-refractivity contribution in [3.63, 3.8) is 0 Å². The van der Waals surface area contributed by atoms with Crippen molar-refractivity contribution in [2.45, 2.75) is 0 Å². The van der Waals surface area contributed by atoms with E-state index in [2.05, 4.69) is 125 Å². The molecule has 0 saturated carbocycles. The molecule has 0 N–H and O–H groups in total. The average Bonchev–Trinajstić information content (AvgIpc) is 3.12. The van der Waals surface area contributed by atoms with Crippen LogP contribution in [0.3, 0.4) is 0 Å². The lowest BCUT2D eigenvalue weighted by atomic mass is 9.92. The molecule has 0 spiro atoms. The molecule has 0 aliphatic carbocycles. The fourth-order valence-corrected chi connectivity index (χ4v) is 6.04. The summed E-state index contributed by atoms with van der Waals surface area (Å²) >= 11 is 0. The molecular formula is C41H27N3. The molecule has 0 saturated heterocycles. The molecule has 206 valence electrons. The van der Waals surface area contributed by atoms with E-state index in [-0.39, 0.29) is 0 Å². The molecule has 8 rings (SSSR count). The summed E-state index contributed by atoms with van der Waals surface area (Å²) in [7, 11) is 0. The maximum absolute atomic E-state index is 4.98. The minimum atomic E-state index is 0.881. The second-order valence-electron chi connectivity index (χ2n) is 11.0. The van der Waals surface area contributed by atoms with Crippen LogP contribution in [0.1, 0.15) is 0 Å². The highest BCUT2D eigenvalue weighted by Crippen LogP contribution is 2.37. The maximum Gasteiger partial charge on any atom is 0.0731 e. The standard InChI is InChI=1S/C41H27N3/c1-2-13-36-32(8-1)23-39(38-15-4-3-14-37(36)38)29-18-16-28(17-19-29)30-9-5-10-31(22-30)35-24-40(33-11-6-20-42-26-33)44-41(25-35)34-12-7-21-43-27-34/h1-27H. The molecule has 3 heteroatoms. The Morgan fingerprint density at radius 3 is 1.57 bits per heavy atom. The van der Waals surface area contributed by atoms with Gasteiger partial charge >= 0.3 is 0 Å². The van der Waals surface area contributed by atoms with Crippen LogP contribution < -0.4 is 0 Å². The number of fused-ring (bicyclic) bond motifs is 3. The molecule has 0 amide bonds. The van der Waals surface area contributed by atoms with Crippen LogP contribution in [0.5, 0.6) is 0 Å². The predicted octanol–water partition coefficient (Wildman–Crippen LogP) is 10.5. The Kier molecular flexibility index (Phi) is 6.47. The second-order valence-corrected chi connectivity index (χ2v) is 11.0. The van der Waals surface area contributed by atoms with Gasteiger partial charge in [0.1, 0.15) is 0 Å². The highest BCUT2D eigenvalue weighted by atomic mass is 14.7. The van der Waals surface area contributed by atoms with Crippen LogP contribution in [-0.2, 0) is 0 Å². The van der Waals surface area contributed by atoms with E-state index in [0.29, 0.717) is 0 Å². The quantitative estimate of drug-likeness (QED) is 0.196. The molecule has 5 aromatic carbocycles. The largest absolute Gasteiger partial charge is 0.264 e. The number of hydrogen-bond donors (Lipinski definition) is 0. The van der Waals surface area contributed by atoms with Crippen LogP contribution in [0, 0.1) is 0 Å². The summed E-state index contributed by atoms with van der Waals surface area (Å²) in [6, 6.07) is 49.6. The molecular weight excluding hydrogens is 534 g/mol. The Bertz CT molecular complexity index is 2200. The third kappa shape index (κ3) is 4.81. The third-order valence-electron chi connectivity index (χ3n) is 8.23. The molecule has 0 aliphatic heterocycles. The van der Waals surface area contributed by atoms with Gasteiger partial charge in [0.25, 0.3) is 0 Å².